The summed E-state index contributed by atoms with van der Waals surface area (Å²) in [5.74, 6) is -0.625. The molecular formula is C18H14Cl2N2O2S. The molecule has 0 radical (unpaired) electrons. The lowest BCUT2D eigenvalue weighted by Gasteiger charge is -2.36. The number of amides is 2. The molecule has 2 aromatic rings. The molecule has 1 aliphatic heterocycles. The Balaban J connectivity index is 1.87. The third-order valence-corrected chi connectivity index (χ3v) is 5.02. The van der Waals surface area contributed by atoms with Crippen molar-refractivity contribution in [2.24, 2.45) is 0 Å². The third-order valence-electron chi connectivity index (χ3n) is 3.92. The fourth-order valence-corrected chi connectivity index (χ4v) is 3.44. The standard InChI is InChI=1S/C18H14Cl2N2O2S/c19-14-8-3-1-6-12(14)16(23)21-10-5-11-22(18(21)25)17(24)13-7-2-4-9-15(13)20/h1-4,6-9H,5,10-11H2. The number of carbonyl (C=O) groups excluding carboxylic acids is 2. The molecule has 0 unspecified atom stereocenters. The van der Waals surface area contributed by atoms with Gasteiger partial charge in [-0.05, 0) is 42.9 Å². The molecule has 0 bridgehead atoms. The van der Waals surface area contributed by atoms with Crippen LogP contribution in [0.15, 0.2) is 48.5 Å². The highest BCUT2D eigenvalue weighted by Gasteiger charge is 2.33. The zero-order valence-corrected chi connectivity index (χ0v) is 15.4. The van der Waals surface area contributed by atoms with Gasteiger partial charge in [0.25, 0.3) is 11.8 Å². The summed E-state index contributed by atoms with van der Waals surface area (Å²) in [7, 11) is 0. The van der Waals surface area contributed by atoms with Crippen LogP contribution in [0, 0.1) is 0 Å². The van der Waals surface area contributed by atoms with Crippen molar-refractivity contribution in [1.82, 2.24) is 9.80 Å². The first-order chi connectivity index (χ1) is 12.0. The van der Waals surface area contributed by atoms with Crippen molar-refractivity contribution in [2.75, 3.05) is 13.1 Å². The number of thiocarbonyl (C=S) groups is 1. The molecular weight excluding hydrogens is 379 g/mol. The highest BCUT2D eigenvalue weighted by Crippen LogP contribution is 2.23. The molecule has 1 saturated heterocycles. The van der Waals surface area contributed by atoms with Gasteiger partial charge in [0.15, 0.2) is 5.11 Å². The van der Waals surface area contributed by atoms with E-state index in [4.69, 9.17) is 35.4 Å². The summed E-state index contributed by atoms with van der Waals surface area (Å²) in [6, 6.07) is 13.5. The van der Waals surface area contributed by atoms with E-state index in [2.05, 4.69) is 0 Å². The molecule has 0 saturated carbocycles. The van der Waals surface area contributed by atoms with Gasteiger partial charge in [0, 0.05) is 13.1 Å². The van der Waals surface area contributed by atoms with E-state index in [1.807, 2.05) is 0 Å². The summed E-state index contributed by atoms with van der Waals surface area (Å²) in [6.45, 7) is 0.879. The van der Waals surface area contributed by atoms with E-state index in [-0.39, 0.29) is 16.9 Å². The number of hydrogen-bond donors (Lipinski definition) is 0. The van der Waals surface area contributed by atoms with Crippen LogP contribution in [0.1, 0.15) is 27.1 Å². The average Bonchev–Trinajstić information content (AvgIpc) is 2.62. The molecule has 7 heteroatoms. The van der Waals surface area contributed by atoms with Crippen LogP contribution >= 0.6 is 35.4 Å². The van der Waals surface area contributed by atoms with Gasteiger partial charge in [-0.25, -0.2) is 0 Å². The molecule has 128 valence electrons. The Hall–Kier alpha value is -1.95. The summed E-state index contributed by atoms with van der Waals surface area (Å²) in [6.07, 6.45) is 0.618. The Kier molecular flexibility index (Phi) is 5.37. The SMILES string of the molecule is O=C(c1ccccc1Cl)N1CCCN(C(=O)c2ccccc2Cl)C1=S. The lowest BCUT2D eigenvalue weighted by molar-refractivity contribution is 0.0746. The van der Waals surface area contributed by atoms with Gasteiger partial charge < -0.3 is 0 Å². The minimum Gasteiger partial charge on any atom is -0.285 e. The van der Waals surface area contributed by atoms with E-state index in [1.54, 1.807) is 48.5 Å². The van der Waals surface area contributed by atoms with Gasteiger partial charge in [0.1, 0.15) is 0 Å². The minimum absolute atomic E-state index is 0.168. The Morgan fingerprint density at radius 3 is 1.60 bits per heavy atom. The second-order valence-electron chi connectivity index (χ2n) is 5.51. The molecule has 1 aliphatic rings. The van der Waals surface area contributed by atoms with Crippen LogP contribution in [0.4, 0.5) is 0 Å². The molecule has 2 amide bonds. The summed E-state index contributed by atoms with van der Waals surface area (Å²) < 4.78 is 0. The molecule has 0 aliphatic carbocycles. The molecule has 0 N–H and O–H groups in total. The highest BCUT2D eigenvalue weighted by molar-refractivity contribution is 7.80. The Labute approximate surface area is 160 Å². The first kappa shape index (κ1) is 17.9. The monoisotopic (exact) mass is 392 g/mol. The predicted molar refractivity (Wildman–Crippen MR) is 102 cm³/mol. The fourth-order valence-electron chi connectivity index (χ4n) is 2.66. The van der Waals surface area contributed by atoms with Crippen molar-refractivity contribution in [1.29, 1.82) is 0 Å². The van der Waals surface area contributed by atoms with Gasteiger partial charge in [-0.2, -0.15) is 0 Å². The van der Waals surface area contributed by atoms with Crippen LogP contribution in [0.25, 0.3) is 0 Å². The summed E-state index contributed by atoms with van der Waals surface area (Å²) in [5.41, 5.74) is 0.720. The highest BCUT2D eigenvalue weighted by atomic mass is 35.5. The first-order valence-electron chi connectivity index (χ1n) is 7.67. The van der Waals surface area contributed by atoms with Crippen molar-refractivity contribution in [3.05, 3.63) is 69.7 Å². The summed E-state index contributed by atoms with van der Waals surface area (Å²) in [4.78, 5) is 28.4. The van der Waals surface area contributed by atoms with Crippen LogP contribution in [-0.2, 0) is 0 Å². The maximum Gasteiger partial charge on any atom is 0.261 e. The number of carbonyl (C=O) groups is 2. The van der Waals surface area contributed by atoms with Crippen molar-refractivity contribution in [3.8, 4) is 0 Å². The molecule has 4 nitrogen and oxygen atoms in total. The smallest absolute Gasteiger partial charge is 0.261 e. The lowest BCUT2D eigenvalue weighted by Crippen LogP contribution is -2.53. The van der Waals surface area contributed by atoms with Gasteiger partial charge in [0.05, 0.1) is 21.2 Å². The van der Waals surface area contributed by atoms with Gasteiger partial charge >= 0.3 is 0 Å². The van der Waals surface area contributed by atoms with Crippen molar-refractivity contribution in [2.45, 2.75) is 6.42 Å². The molecule has 3 rings (SSSR count). The Morgan fingerprint density at radius 2 is 1.20 bits per heavy atom. The number of benzene rings is 2. The summed E-state index contributed by atoms with van der Waals surface area (Å²) in [5, 5.41) is 0.871. The zero-order valence-electron chi connectivity index (χ0n) is 13.1. The maximum atomic E-state index is 12.8. The average molecular weight is 393 g/mol. The van der Waals surface area contributed by atoms with Crippen LogP contribution < -0.4 is 0 Å². The topological polar surface area (TPSA) is 40.6 Å². The van der Waals surface area contributed by atoms with E-state index in [1.165, 1.54) is 9.80 Å². The van der Waals surface area contributed by atoms with Gasteiger partial charge in [0.2, 0.25) is 0 Å². The first-order valence-corrected chi connectivity index (χ1v) is 8.84. The van der Waals surface area contributed by atoms with Gasteiger partial charge in [-0.15, -0.1) is 0 Å². The third kappa shape index (κ3) is 3.54. The molecule has 25 heavy (non-hydrogen) atoms. The van der Waals surface area contributed by atoms with Crippen molar-refractivity contribution in [3.63, 3.8) is 0 Å². The van der Waals surface area contributed by atoms with E-state index in [9.17, 15) is 9.59 Å². The van der Waals surface area contributed by atoms with Crippen molar-refractivity contribution < 1.29 is 9.59 Å². The van der Waals surface area contributed by atoms with E-state index in [0.717, 1.165) is 0 Å². The van der Waals surface area contributed by atoms with E-state index >= 15 is 0 Å². The van der Waals surface area contributed by atoms with Crippen LogP contribution in [0.3, 0.4) is 0 Å². The number of halogens is 2. The van der Waals surface area contributed by atoms with E-state index in [0.29, 0.717) is 40.7 Å². The Morgan fingerprint density at radius 1 is 0.800 bits per heavy atom. The lowest BCUT2D eigenvalue weighted by atomic mass is 10.1. The Bertz CT molecular complexity index is 789. The second kappa shape index (κ2) is 7.52. The van der Waals surface area contributed by atoms with Gasteiger partial charge in [-0.1, -0.05) is 47.5 Å². The molecule has 0 spiro atoms. The molecule has 2 aromatic carbocycles. The zero-order chi connectivity index (χ0) is 18.0. The fraction of sp³-hybridized carbons (Fsp3) is 0.167. The van der Waals surface area contributed by atoms with Crippen LogP contribution in [0.2, 0.25) is 10.0 Å². The minimum atomic E-state index is -0.313. The number of rotatable bonds is 2. The quantitative estimate of drug-likeness (QED) is 0.716. The predicted octanol–water partition coefficient (Wildman–Crippen LogP) is 4.27. The molecule has 0 aromatic heterocycles. The number of hydrogen-bond acceptors (Lipinski definition) is 3. The van der Waals surface area contributed by atoms with Crippen LogP contribution in [0.5, 0.6) is 0 Å². The molecule has 0 atom stereocenters. The largest absolute Gasteiger partial charge is 0.285 e. The maximum absolute atomic E-state index is 12.8. The second-order valence-corrected chi connectivity index (χ2v) is 6.69. The normalized spacial score (nSPS) is 14.6. The molecule has 1 fully saturated rings. The number of nitrogens with zero attached hydrogens (tertiary/aromatic N) is 2. The summed E-state index contributed by atoms with van der Waals surface area (Å²) >= 11 is 17.6. The van der Waals surface area contributed by atoms with Gasteiger partial charge in [-0.3, -0.25) is 19.4 Å². The van der Waals surface area contributed by atoms with Crippen molar-refractivity contribution >= 4 is 52.3 Å². The van der Waals surface area contributed by atoms with Crippen LogP contribution in [-0.4, -0.2) is 39.8 Å². The van der Waals surface area contributed by atoms with E-state index < -0.39 is 0 Å². The molecule has 1 heterocycles.